The van der Waals surface area contributed by atoms with Gasteiger partial charge in [0.15, 0.2) is 0 Å². The fourth-order valence-electron chi connectivity index (χ4n) is 1.45. The van der Waals surface area contributed by atoms with E-state index < -0.39 is 11.9 Å². The van der Waals surface area contributed by atoms with E-state index in [-0.39, 0.29) is 18.5 Å². The molecule has 0 aliphatic carbocycles. The largest absolute Gasteiger partial charge is 0.481 e. The van der Waals surface area contributed by atoms with Gasteiger partial charge in [-0.25, -0.2) is 4.79 Å². The maximum Gasteiger partial charge on any atom is 0.314 e. The lowest BCUT2D eigenvalue weighted by atomic mass is 9.96. The second-order valence-corrected chi connectivity index (χ2v) is 4.53. The molecule has 3 N–H and O–H groups in total. The number of unbranched alkanes of at least 4 members (excludes halogenated alkanes) is 2. The van der Waals surface area contributed by atoms with Crippen LogP contribution in [-0.4, -0.2) is 30.2 Å². The summed E-state index contributed by atoms with van der Waals surface area (Å²) in [4.78, 5) is 22.2. The summed E-state index contributed by atoms with van der Waals surface area (Å²) in [7, 11) is 0. The molecule has 0 heterocycles. The number of hydrogen-bond donors (Lipinski definition) is 3. The number of nitrogens with one attached hydrogen (secondary N) is 2. The molecule has 0 fully saturated rings. The van der Waals surface area contributed by atoms with Gasteiger partial charge in [0.25, 0.3) is 0 Å². The Morgan fingerprint density at radius 1 is 1.18 bits per heavy atom. The van der Waals surface area contributed by atoms with Crippen LogP contribution in [0.3, 0.4) is 0 Å². The molecule has 0 bridgehead atoms. The van der Waals surface area contributed by atoms with Crippen LogP contribution in [0.25, 0.3) is 0 Å². The minimum atomic E-state index is -0.869. The third-order valence-corrected chi connectivity index (χ3v) is 2.67. The fraction of sp³-hybridized carbons (Fsp3) is 0.833. The number of carboxylic acid groups (broad SMARTS) is 1. The Morgan fingerprint density at radius 3 is 2.29 bits per heavy atom. The molecule has 5 heteroatoms. The van der Waals surface area contributed by atoms with Gasteiger partial charge in [-0.3, -0.25) is 4.79 Å². The van der Waals surface area contributed by atoms with Gasteiger partial charge in [0.2, 0.25) is 0 Å². The molecule has 0 aliphatic heterocycles. The first-order valence-electron chi connectivity index (χ1n) is 6.23. The molecule has 0 spiro atoms. The number of carboxylic acids is 1. The van der Waals surface area contributed by atoms with Crippen LogP contribution in [0.5, 0.6) is 0 Å². The van der Waals surface area contributed by atoms with Crippen molar-refractivity contribution >= 4 is 12.0 Å². The van der Waals surface area contributed by atoms with E-state index in [0.717, 1.165) is 19.3 Å². The highest BCUT2D eigenvalue weighted by atomic mass is 16.4. The number of urea groups is 1. The van der Waals surface area contributed by atoms with E-state index in [9.17, 15) is 9.59 Å². The van der Waals surface area contributed by atoms with Gasteiger partial charge in [-0.2, -0.15) is 0 Å². The lowest BCUT2D eigenvalue weighted by molar-refractivity contribution is -0.142. The average Bonchev–Trinajstić information content (AvgIpc) is 2.23. The number of carbonyl (C=O) groups is 2. The van der Waals surface area contributed by atoms with Gasteiger partial charge in [0, 0.05) is 13.1 Å². The van der Waals surface area contributed by atoms with E-state index >= 15 is 0 Å². The minimum absolute atomic E-state index is 0.00731. The molecule has 5 nitrogen and oxygen atoms in total. The van der Waals surface area contributed by atoms with Gasteiger partial charge >= 0.3 is 12.0 Å². The Labute approximate surface area is 103 Å². The Morgan fingerprint density at radius 2 is 1.82 bits per heavy atom. The normalized spacial score (nSPS) is 12.2. The molecular formula is C12H24N2O3. The van der Waals surface area contributed by atoms with E-state index in [2.05, 4.69) is 17.6 Å². The third-order valence-electron chi connectivity index (χ3n) is 2.67. The highest BCUT2D eigenvalue weighted by molar-refractivity contribution is 5.75. The molecule has 0 saturated carbocycles. The second kappa shape index (κ2) is 8.84. The summed E-state index contributed by atoms with van der Waals surface area (Å²) in [5.74, 6) is -1.39. The van der Waals surface area contributed by atoms with E-state index in [1.54, 1.807) is 0 Å². The number of aliphatic carboxylic acids is 1. The zero-order chi connectivity index (χ0) is 13.3. The van der Waals surface area contributed by atoms with Gasteiger partial charge < -0.3 is 15.7 Å². The third kappa shape index (κ3) is 7.60. The summed E-state index contributed by atoms with van der Waals surface area (Å²) in [6.45, 7) is 6.57. The van der Waals surface area contributed by atoms with Crippen LogP contribution in [0.15, 0.2) is 0 Å². The summed E-state index contributed by atoms with van der Waals surface area (Å²) >= 11 is 0. The number of carbonyl (C=O) groups excluding carboxylic acids is 1. The minimum Gasteiger partial charge on any atom is -0.481 e. The molecule has 0 radical (unpaired) electrons. The first-order valence-corrected chi connectivity index (χ1v) is 6.23. The number of hydrogen-bond acceptors (Lipinski definition) is 2. The van der Waals surface area contributed by atoms with Gasteiger partial charge in [0.05, 0.1) is 5.92 Å². The second-order valence-electron chi connectivity index (χ2n) is 4.53. The number of amides is 2. The summed E-state index contributed by atoms with van der Waals surface area (Å²) < 4.78 is 0. The molecule has 100 valence electrons. The van der Waals surface area contributed by atoms with Crippen molar-refractivity contribution in [3.05, 3.63) is 0 Å². The molecule has 2 amide bonds. The highest BCUT2D eigenvalue weighted by Crippen LogP contribution is 2.09. The predicted octanol–water partition coefficient (Wildman–Crippen LogP) is 1.83. The van der Waals surface area contributed by atoms with Crippen LogP contribution in [0.1, 0.15) is 40.0 Å². The van der Waals surface area contributed by atoms with Crippen LogP contribution < -0.4 is 10.6 Å². The Hall–Kier alpha value is -1.26. The molecule has 17 heavy (non-hydrogen) atoms. The van der Waals surface area contributed by atoms with Crippen LogP contribution >= 0.6 is 0 Å². The van der Waals surface area contributed by atoms with Crippen molar-refractivity contribution in [1.29, 1.82) is 0 Å². The lowest BCUT2D eigenvalue weighted by Crippen LogP contribution is -2.41. The van der Waals surface area contributed by atoms with Crippen LogP contribution in [0, 0.1) is 11.8 Å². The molecule has 0 aliphatic rings. The summed E-state index contributed by atoms with van der Waals surface area (Å²) in [6, 6.07) is -0.284. The first kappa shape index (κ1) is 15.7. The molecule has 1 unspecified atom stereocenters. The van der Waals surface area contributed by atoms with E-state index in [0.29, 0.717) is 6.54 Å². The lowest BCUT2D eigenvalue weighted by Gasteiger charge is -2.16. The fourth-order valence-corrected chi connectivity index (χ4v) is 1.45. The van der Waals surface area contributed by atoms with Crippen molar-refractivity contribution in [2.75, 3.05) is 13.1 Å². The molecule has 1 atom stereocenters. The molecule has 0 aromatic heterocycles. The van der Waals surface area contributed by atoms with E-state index in [1.807, 2.05) is 13.8 Å². The highest BCUT2D eigenvalue weighted by Gasteiger charge is 2.21. The van der Waals surface area contributed by atoms with E-state index in [4.69, 9.17) is 5.11 Å². The average molecular weight is 244 g/mol. The zero-order valence-electron chi connectivity index (χ0n) is 11.0. The smallest absolute Gasteiger partial charge is 0.314 e. The van der Waals surface area contributed by atoms with Crippen molar-refractivity contribution in [3.8, 4) is 0 Å². The van der Waals surface area contributed by atoms with Gasteiger partial charge in [-0.05, 0) is 12.3 Å². The number of rotatable bonds is 8. The Bertz CT molecular complexity index is 242. The SMILES string of the molecule is CCCCCNC(=O)NCC(C(=O)O)C(C)C. The molecule has 0 aromatic carbocycles. The Balaban J connectivity index is 3.77. The summed E-state index contributed by atoms with van der Waals surface area (Å²) in [5.41, 5.74) is 0. The summed E-state index contributed by atoms with van der Waals surface area (Å²) in [5, 5.41) is 14.2. The molecule has 0 saturated heterocycles. The van der Waals surface area contributed by atoms with Gasteiger partial charge in [-0.1, -0.05) is 33.6 Å². The van der Waals surface area contributed by atoms with Crippen molar-refractivity contribution in [2.24, 2.45) is 11.8 Å². The maximum absolute atomic E-state index is 11.3. The predicted molar refractivity (Wildman–Crippen MR) is 66.9 cm³/mol. The first-order chi connectivity index (χ1) is 7.99. The Kier molecular flexibility index (Phi) is 8.19. The van der Waals surface area contributed by atoms with Crippen LogP contribution in [-0.2, 0) is 4.79 Å². The van der Waals surface area contributed by atoms with Crippen molar-refractivity contribution < 1.29 is 14.7 Å². The van der Waals surface area contributed by atoms with Crippen molar-refractivity contribution in [3.63, 3.8) is 0 Å². The van der Waals surface area contributed by atoms with Crippen molar-refractivity contribution in [1.82, 2.24) is 10.6 Å². The zero-order valence-corrected chi connectivity index (χ0v) is 11.0. The van der Waals surface area contributed by atoms with Crippen LogP contribution in [0.2, 0.25) is 0 Å². The van der Waals surface area contributed by atoms with Crippen molar-refractivity contribution in [2.45, 2.75) is 40.0 Å². The van der Waals surface area contributed by atoms with Gasteiger partial charge in [0.1, 0.15) is 0 Å². The monoisotopic (exact) mass is 244 g/mol. The van der Waals surface area contributed by atoms with E-state index in [1.165, 1.54) is 0 Å². The topological polar surface area (TPSA) is 78.4 Å². The van der Waals surface area contributed by atoms with Crippen LogP contribution in [0.4, 0.5) is 4.79 Å². The standard InChI is InChI=1S/C12H24N2O3/c1-4-5-6-7-13-12(17)14-8-10(9(2)3)11(15)16/h9-10H,4-8H2,1-3H3,(H,15,16)(H2,13,14,17). The quantitative estimate of drug-likeness (QED) is 0.570. The molecule has 0 aromatic rings. The van der Waals surface area contributed by atoms with Gasteiger partial charge in [-0.15, -0.1) is 0 Å². The molecule has 0 rings (SSSR count). The molecular weight excluding hydrogens is 220 g/mol. The maximum atomic E-state index is 11.3. The summed E-state index contributed by atoms with van der Waals surface area (Å²) in [6.07, 6.45) is 3.15.